The molecule has 3 heterocycles. The van der Waals surface area contributed by atoms with E-state index in [0.29, 0.717) is 24.5 Å². The molecule has 0 saturated carbocycles. The maximum Gasteiger partial charge on any atom is 0.325 e. The summed E-state index contributed by atoms with van der Waals surface area (Å²) in [5.41, 5.74) is -0.384. The van der Waals surface area contributed by atoms with Gasteiger partial charge in [-0.3, -0.25) is 19.3 Å². The second kappa shape index (κ2) is 8.20. The van der Waals surface area contributed by atoms with Gasteiger partial charge >= 0.3 is 6.03 Å². The van der Waals surface area contributed by atoms with E-state index in [9.17, 15) is 19.2 Å². The van der Waals surface area contributed by atoms with E-state index in [1.807, 2.05) is 0 Å². The fourth-order valence-corrected chi connectivity index (χ4v) is 4.28. The third-order valence-corrected chi connectivity index (χ3v) is 6.01. The molecular weight excluding hydrogens is 400 g/mol. The molecule has 1 aromatic rings. The number of benzene rings is 1. The van der Waals surface area contributed by atoms with Crippen LogP contribution in [0.1, 0.15) is 39.5 Å². The molecule has 3 aliphatic heterocycles. The number of fused-ring (bicyclic) bond motifs is 1. The zero-order valence-electron chi connectivity index (χ0n) is 17.9. The molecule has 0 aliphatic carbocycles. The van der Waals surface area contributed by atoms with E-state index in [4.69, 9.17) is 4.74 Å². The molecule has 1 atom stereocenters. The minimum absolute atomic E-state index is 0.0167. The molecule has 0 aromatic heterocycles. The quantitative estimate of drug-likeness (QED) is 0.733. The Morgan fingerprint density at radius 2 is 1.84 bits per heavy atom. The van der Waals surface area contributed by atoms with Crippen LogP contribution >= 0.6 is 0 Å². The summed E-state index contributed by atoms with van der Waals surface area (Å²) in [7, 11) is 0. The van der Waals surface area contributed by atoms with Gasteiger partial charge in [-0.25, -0.2) is 4.79 Å². The van der Waals surface area contributed by atoms with E-state index in [1.165, 1.54) is 4.90 Å². The van der Waals surface area contributed by atoms with Crippen LogP contribution in [-0.2, 0) is 14.4 Å². The number of hydrogen-bond acceptors (Lipinski definition) is 5. The van der Waals surface area contributed by atoms with Gasteiger partial charge in [0, 0.05) is 26.1 Å². The van der Waals surface area contributed by atoms with Crippen LogP contribution in [0.2, 0.25) is 0 Å². The third kappa shape index (κ3) is 4.08. The van der Waals surface area contributed by atoms with E-state index in [-0.39, 0.29) is 37.2 Å². The van der Waals surface area contributed by atoms with E-state index >= 15 is 0 Å². The number of anilines is 1. The first-order valence-electron chi connectivity index (χ1n) is 10.8. The van der Waals surface area contributed by atoms with Crippen molar-refractivity contribution in [2.45, 2.75) is 51.2 Å². The van der Waals surface area contributed by atoms with Gasteiger partial charge in [0.1, 0.15) is 11.3 Å². The number of likely N-dealkylation sites (tertiary alicyclic amines) is 1. The van der Waals surface area contributed by atoms with Gasteiger partial charge in [-0.1, -0.05) is 12.1 Å². The summed E-state index contributed by atoms with van der Waals surface area (Å²) in [5.74, 6) is -0.250. The third-order valence-electron chi connectivity index (χ3n) is 6.01. The molecule has 0 bridgehead atoms. The number of nitrogens with one attached hydrogen (secondary N) is 1. The highest BCUT2D eigenvalue weighted by Gasteiger charge is 2.44. The zero-order chi connectivity index (χ0) is 22.2. The Hall–Kier alpha value is -3.10. The highest BCUT2D eigenvalue weighted by Crippen LogP contribution is 2.34. The summed E-state index contributed by atoms with van der Waals surface area (Å²) in [6.45, 7) is 4.76. The van der Waals surface area contributed by atoms with Crippen LogP contribution in [0.3, 0.4) is 0 Å². The Balaban J connectivity index is 1.48. The Morgan fingerprint density at radius 1 is 1.13 bits per heavy atom. The number of hydrogen-bond donors (Lipinski definition) is 1. The van der Waals surface area contributed by atoms with Gasteiger partial charge in [-0.05, 0) is 45.2 Å². The molecule has 0 spiro atoms. The van der Waals surface area contributed by atoms with Crippen LogP contribution in [0.4, 0.5) is 10.5 Å². The van der Waals surface area contributed by atoms with Gasteiger partial charge in [0.05, 0.1) is 12.2 Å². The molecule has 5 amide bonds. The molecule has 9 heteroatoms. The van der Waals surface area contributed by atoms with Crippen LogP contribution in [-0.4, -0.2) is 71.4 Å². The fourth-order valence-electron chi connectivity index (χ4n) is 4.28. The van der Waals surface area contributed by atoms with Crippen molar-refractivity contribution in [2.24, 2.45) is 0 Å². The molecule has 0 radical (unpaired) electrons. The standard InChI is InChI=1S/C22H28N4O5/c1-22(2)20(29)25(21(30)23-22)13-10-18(27)26-14-17(19(28)24-11-6-3-7-12-24)31-16-9-5-4-8-15(16)26/h4-5,8-9,17H,3,6-7,10-14H2,1-2H3,(H,23,30)/t17-/m1/s1. The second-order valence-corrected chi connectivity index (χ2v) is 8.73. The lowest BCUT2D eigenvalue weighted by Gasteiger charge is -2.37. The minimum atomic E-state index is -0.975. The van der Waals surface area contributed by atoms with Crippen LogP contribution in [0, 0.1) is 0 Å². The van der Waals surface area contributed by atoms with E-state index in [1.54, 1.807) is 43.0 Å². The molecule has 166 valence electrons. The van der Waals surface area contributed by atoms with E-state index in [2.05, 4.69) is 5.32 Å². The lowest BCUT2D eigenvalue weighted by molar-refractivity contribution is -0.139. The molecule has 2 saturated heterocycles. The number of imide groups is 1. The monoisotopic (exact) mass is 428 g/mol. The highest BCUT2D eigenvalue weighted by molar-refractivity contribution is 6.07. The molecule has 3 aliphatic rings. The number of urea groups is 1. The lowest BCUT2D eigenvalue weighted by Crippen LogP contribution is -2.53. The highest BCUT2D eigenvalue weighted by atomic mass is 16.5. The van der Waals surface area contributed by atoms with Gasteiger partial charge in [-0.2, -0.15) is 0 Å². The van der Waals surface area contributed by atoms with Crippen molar-refractivity contribution in [3.8, 4) is 5.75 Å². The van der Waals surface area contributed by atoms with Crippen LogP contribution in [0.15, 0.2) is 24.3 Å². The maximum absolute atomic E-state index is 13.1. The Bertz CT molecular complexity index is 909. The minimum Gasteiger partial charge on any atom is -0.476 e. The SMILES string of the molecule is CC1(C)NC(=O)N(CCC(=O)N2C[C@H](C(=O)N3CCCCC3)Oc3ccccc32)C1=O. The number of ether oxygens (including phenoxy) is 1. The van der Waals surface area contributed by atoms with Crippen LogP contribution in [0.25, 0.3) is 0 Å². The van der Waals surface area contributed by atoms with E-state index in [0.717, 1.165) is 24.2 Å². The fraction of sp³-hybridized carbons (Fsp3) is 0.545. The van der Waals surface area contributed by atoms with Gasteiger partial charge in [-0.15, -0.1) is 0 Å². The average Bonchev–Trinajstić information content (AvgIpc) is 2.97. The number of rotatable bonds is 4. The predicted octanol–water partition coefficient (Wildman–Crippen LogP) is 1.51. The Kier molecular flexibility index (Phi) is 5.60. The van der Waals surface area contributed by atoms with Gasteiger partial charge in [0.2, 0.25) is 5.91 Å². The topological polar surface area (TPSA) is 99.3 Å². The molecule has 1 aromatic carbocycles. The number of piperidine rings is 1. The summed E-state index contributed by atoms with van der Waals surface area (Å²) in [5, 5.41) is 2.61. The Labute approximate surface area is 181 Å². The number of carbonyl (C=O) groups excluding carboxylic acids is 4. The van der Waals surface area contributed by atoms with Crippen molar-refractivity contribution < 1.29 is 23.9 Å². The smallest absolute Gasteiger partial charge is 0.325 e. The first-order valence-corrected chi connectivity index (χ1v) is 10.8. The molecule has 0 unspecified atom stereocenters. The molecular formula is C22H28N4O5. The number of carbonyl (C=O) groups is 4. The molecule has 9 nitrogen and oxygen atoms in total. The summed E-state index contributed by atoms with van der Waals surface area (Å²) in [6, 6.07) is 6.61. The summed E-state index contributed by atoms with van der Waals surface area (Å²) >= 11 is 0. The number of para-hydroxylation sites is 2. The van der Waals surface area contributed by atoms with Crippen molar-refractivity contribution in [1.82, 2.24) is 15.1 Å². The lowest BCUT2D eigenvalue weighted by atomic mass is 10.1. The van der Waals surface area contributed by atoms with Crippen molar-refractivity contribution in [2.75, 3.05) is 31.1 Å². The predicted molar refractivity (Wildman–Crippen MR) is 113 cm³/mol. The summed E-state index contributed by atoms with van der Waals surface area (Å²) in [6.07, 6.45) is 2.25. The van der Waals surface area contributed by atoms with Gasteiger partial charge < -0.3 is 19.9 Å². The normalized spacial score (nSPS) is 22.6. The van der Waals surface area contributed by atoms with E-state index < -0.39 is 17.7 Å². The van der Waals surface area contributed by atoms with Gasteiger partial charge in [0.25, 0.3) is 11.8 Å². The van der Waals surface area contributed by atoms with Crippen molar-refractivity contribution in [3.63, 3.8) is 0 Å². The van der Waals surface area contributed by atoms with Crippen molar-refractivity contribution in [1.29, 1.82) is 0 Å². The van der Waals surface area contributed by atoms with Crippen molar-refractivity contribution in [3.05, 3.63) is 24.3 Å². The molecule has 4 rings (SSSR count). The van der Waals surface area contributed by atoms with Crippen molar-refractivity contribution >= 4 is 29.4 Å². The Morgan fingerprint density at radius 3 is 2.52 bits per heavy atom. The molecule has 31 heavy (non-hydrogen) atoms. The largest absolute Gasteiger partial charge is 0.476 e. The average molecular weight is 428 g/mol. The summed E-state index contributed by atoms with van der Waals surface area (Å²) in [4.78, 5) is 55.0. The maximum atomic E-state index is 13.1. The summed E-state index contributed by atoms with van der Waals surface area (Å²) < 4.78 is 5.95. The first kappa shape index (κ1) is 21.1. The second-order valence-electron chi connectivity index (χ2n) is 8.73. The van der Waals surface area contributed by atoms with Crippen LogP contribution in [0.5, 0.6) is 5.75 Å². The van der Waals surface area contributed by atoms with Gasteiger partial charge in [0.15, 0.2) is 6.10 Å². The number of amides is 5. The number of nitrogens with zero attached hydrogens (tertiary/aromatic N) is 3. The zero-order valence-corrected chi connectivity index (χ0v) is 17.9. The van der Waals surface area contributed by atoms with Crippen LogP contribution < -0.4 is 15.0 Å². The first-order chi connectivity index (χ1) is 14.8. The molecule has 2 fully saturated rings. The molecule has 1 N–H and O–H groups in total.